The van der Waals surface area contributed by atoms with Crippen LogP contribution in [-0.2, 0) is 0 Å². The first-order valence-electron chi connectivity index (χ1n) is 3.77. The largest absolute Gasteiger partial charge is 0.485 e. The van der Waals surface area contributed by atoms with Crippen LogP contribution in [0.5, 0.6) is 5.75 Å². The lowest BCUT2D eigenvalue weighted by molar-refractivity contribution is 0.377. The molecule has 0 aromatic heterocycles. The maximum Gasteiger partial charge on any atom is 0.138 e. The van der Waals surface area contributed by atoms with Crippen LogP contribution in [0.3, 0.4) is 0 Å². The van der Waals surface area contributed by atoms with E-state index in [4.69, 9.17) is 22.1 Å². The van der Waals surface area contributed by atoms with Crippen molar-refractivity contribution in [1.82, 2.24) is 0 Å². The highest BCUT2D eigenvalue weighted by Crippen LogP contribution is 2.24. The monoisotopic (exact) mass is 215 g/mol. The first kappa shape index (κ1) is 10.3. The fraction of sp³-hybridized carbons (Fsp3) is 0.222. The molecule has 0 atom stereocenters. The van der Waals surface area contributed by atoms with Gasteiger partial charge in [-0.2, -0.15) is 0 Å². The number of nitrogens with two attached hydrogens (primary N) is 1. The maximum absolute atomic E-state index is 5.87. The molecule has 0 aliphatic rings. The molecule has 13 heavy (non-hydrogen) atoms. The zero-order valence-corrected chi connectivity index (χ0v) is 8.78. The number of thiocarbonyl (C=S) groups is 1. The highest BCUT2D eigenvalue weighted by molar-refractivity contribution is 7.80. The molecular formula is C9H10ClNOS. The predicted octanol–water partition coefficient (Wildman–Crippen LogP) is 2.31. The summed E-state index contributed by atoms with van der Waals surface area (Å²) in [6, 6.07) is 5.54. The van der Waals surface area contributed by atoms with Gasteiger partial charge in [-0.05, 0) is 24.6 Å². The lowest BCUT2D eigenvalue weighted by Crippen LogP contribution is -2.17. The number of hydrogen-bond acceptors (Lipinski definition) is 2. The molecule has 70 valence electrons. The van der Waals surface area contributed by atoms with Gasteiger partial charge in [-0.25, -0.2) is 0 Å². The van der Waals surface area contributed by atoms with Crippen molar-refractivity contribution in [3.63, 3.8) is 0 Å². The molecule has 0 radical (unpaired) electrons. The second kappa shape index (κ2) is 4.44. The average molecular weight is 216 g/mol. The van der Waals surface area contributed by atoms with Crippen molar-refractivity contribution in [2.75, 3.05) is 6.61 Å². The molecule has 0 aliphatic carbocycles. The third-order valence-corrected chi connectivity index (χ3v) is 1.89. The quantitative estimate of drug-likeness (QED) is 0.786. The van der Waals surface area contributed by atoms with Crippen molar-refractivity contribution < 1.29 is 4.74 Å². The van der Waals surface area contributed by atoms with Crippen LogP contribution in [0.2, 0.25) is 5.02 Å². The summed E-state index contributed by atoms with van der Waals surface area (Å²) in [6.45, 7) is 2.18. The summed E-state index contributed by atoms with van der Waals surface area (Å²) in [5.74, 6) is 0.620. The number of benzene rings is 1. The number of ether oxygens (including phenoxy) is 1. The molecule has 0 heterocycles. The molecule has 0 saturated heterocycles. The smallest absolute Gasteiger partial charge is 0.138 e. The van der Waals surface area contributed by atoms with Crippen LogP contribution in [0.4, 0.5) is 0 Å². The molecule has 1 rings (SSSR count). The van der Waals surface area contributed by atoms with E-state index >= 15 is 0 Å². The fourth-order valence-electron chi connectivity index (χ4n) is 0.870. The van der Waals surface area contributed by atoms with E-state index in [0.29, 0.717) is 15.8 Å². The van der Waals surface area contributed by atoms with Gasteiger partial charge >= 0.3 is 0 Å². The molecule has 4 heteroatoms. The normalized spacial score (nSPS) is 9.69. The Labute approximate surface area is 87.6 Å². The van der Waals surface area contributed by atoms with Crippen molar-refractivity contribution in [2.45, 2.75) is 6.92 Å². The SMILES string of the molecule is Cc1ccc(Cl)c(OCC(N)=S)c1. The summed E-state index contributed by atoms with van der Waals surface area (Å²) in [4.78, 5) is 0.317. The average Bonchev–Trinajstić information content (AvgIpc) is 2.06. The molecule has 0 bridgehead atoms. The second-order valence-electron chi connectivity index (χ2n) is 2.69. The van der Waals surface area contributed by atoms with Crippen molar-refractivity contribution in [3.05, 3.63) is 28.8 Å². The van der Waals surface area contributed by atoms with Crippen molar-refractivity contribution in [1.29, 1.82) is 0 Å². The Morgan fingerprint density at radius 3 is 2.92 bits per heavy atom. The van der Waals surface area contributed by atoms with Gasteiger partial charge < -0.3 is 10.5 Å². The van der Waals surface area contributed by atoms with E-state index < -0.39 is 0 Å². The van der Waals surface area contributed by atoms with Gasteiger partial charge in [-0.1, -0.05) is 29.9 Å². The Kier molecular flexibility index (Phi) is 3.51. The highest BCUT2D eigenvalue weighted by atomic mass is 35.5. The minimum Gasteiger partial charge on any atom is -0.485 e. The Morgan fingerprint density at radius 2 is 2.31 bits per heavy atom. The molecule has 0 spiro atoms. The van der Waals surface area contributed by atoms with Crippen molar-refractivity contribution in [2.24, 2.45) is 5.73 Å². The zero-order chi connectivity index (χ0) is 9.84. The van der Waals surface area contributed by atoms with Crippen LogP contribution >= 0.6 is 23.8 Å². The standard InChI is InChI=1S/C9H10ClNOS/c1-6-2-3-7(10)8(4-6)12-5-9(11)13/h2-4H,5H2,1H3,(H2,11,13). The van der Waals surface area contributed by atoms with Crippen LogP contribution in [0, 0.1) is 6.92 Å². The van der Waals surface area contributed by atoms with Gasteiger partial charge in [0.15, 0.2) is 0 Å². The first-order chi connectivity index (χ1) is 6.09. The van der Waals surface area contributed by atoms with Crippen LogP contribution in [0.15, 0.2) is 18.2 Å². The van der Waals surface area contributed by atoms with Gasteiger partial charge in [-0.3, -0.25) is 0 Å². The van der Waals surface area contributed by atoms with Gasteiger partial charge in [-0.15, -0.1) is 0 Å². The Bertz CT molecular complexity index is 327. The number of halogens is 1. The van der Waals surface area contributed by atoms with Crippen molar-refractivity contribution >= 4 is 28.8 Å². The topological polar surface area (TPSA) is 35.2 Å². The number of hydrogen-bond donors (Lipinski definition) is 1. The van der Waals surface area contributed by atoms with Crippen molar-refractivity contribution in [3.8, 4) is 5.75 Å². The molecule has 2 nitrogen and oxygen atoms in total. The van der Waals surface area contributed by atoms with E-state index in [1.54, 1.807) is 6.07 Å². The van der Waals surface area contributed by atoms with Gasteiger partial charge in [0, 0.05) is 0 Å². The second-order valence-corrected chi connectivity index (χ2v) is 3.62. The summed E-state index contributed by atoms with van der Waals surface area (Å²) in [7, 11) is 0. The minimum atomic E-state index is 0.221. The van der Waals surface area contributed by atoms with Crippen LogP contribution in [-0.4, -0.2) is 11.6 Å². The molecule has 0 aliphatic heterocycles. The van der Waals surface area contributed by atoms with E-state index in [0.717, 1.165) is 5.56 Å². The van der Waals surface area contributed by atoms with E-state index in [9.17, 15) is 0 Å². The Balaban J connectivity index is 2.75. The number of rotatable bonds is 3. The molecule has 1 aromatic rings. The lowest BCUT2D eigenvalue weighted by Gasteiger charge is -2.07. The van der Waals surface area contributed by atoms with Crippen LogP contribution in [0.1, 0.15) is 5.56 Å². The summed E-state index contributed by atoms with van der Waals surface area (Å²) in [5.41, 5.74) is 6.38. The van der Waals surface area contributed by atoms with Crippen LogP contribution < -0.4 is 10.5 Å². The molecule has 0 amide bonds. The molecule has 2 N–H and O–H groups in total. The van der Waals surface area contributed by atoms with Gasteiger partial charge in [0.25, 0.3) is 0 Å². The minimum absolute atomic E-state index is 0.221. The van der Waals surface area contributed by atoms with Gasteiger partial charge in [0.05, 0.1) is 5.02 Å². The number of aryl methyl sites for hydroxylation is 1. The Morgan fingerprint density at radius 1 is 1.62 bits per heavy atom. The lowest BCUT2D eigenvalue weighted by atomic mass is 10.2. The summed E-state index contributed by atoms with van der Waals surface area (Å²) in [6.07, 6.45) is 0. The van der Waals surface area contributed by atoms with E-state index in [-0.39, 0.29) is 6.61 Å². The summed E-state index contributed by atoms with van der Waals surface area (Å²) >= 11 is 10.6. The molecule has 1 aromatic carbocycles. The Hall–Kier alpha value is -0.800. The van der Waals surface area contributed by atoms with E-state index in [1.807, 2.05) is 19.1 Å². The summed E-state index contributed by atoms with van der Waals surface area (Å²) in [5, 5.41) is 0.571. The molecule has 0 saturated carbocycles. The predicted molar refractivity (Wildman–Crippen MR) is 58.5 cm³/mol. The molecular weight excluding hydrogens is 206 g/mol. The maximum atomic E-state index is 5.87. The highest BCUT2D eigenvalue weighted by Gasteiger charge is 2.01. The third-order valence-electron chi connectivity index (χ3n) is 1.46. The van der Waals surface area contributed by atoms with E-state index in [2.05, 4.69) is 12.2 Å². The van der Waals surface area contributed by atoms with Gasteiger partial charge in [0.1, 0.15) is 17.3 Å². The van der Waals surface area contributed by atoms with Gasteiger partial charge in [0.2, 0.25) is 0 Å². The zero-order valence-electron chi connectivity index (χ0n) is 7.21. The molecule has 0 fully saturated rings. The first-order valence-corrected chi connectivity index (χ1v) is 4.55. The van der Waals surface area contributed by atoms with Crippen LogP contribution in [0.25, 0.3) is 0 Å². The summed E-state index contributed by atoms with van der Waals surface area (Å²) < 4.78 is 5.28. The van der Waals surface area contributed by atoms with E-state index in [1.165, 1.54) is 0 Å². The third kappa shape index (κ3) is 3.20. The molecule has 0 unspecified atom stereocenters. The fourth-order valence-corrected chi connectivity index (χ4v) is 1.10.